The Hall–Kier alpha value is -5.85. The number of nitro groups is 1. The van der Waals surface area contributed by atoms with E-state index in [1.54, 1.807) is 17.4 Å². The summed E-state index contributed by atoms with van der Waals surface area (Å²) in [6.45, 7) is 12.4. The van der Waals surface area contributed by atoms with Crippen LogP contribution in [0.3, 0.4) is 0 Å². The molecular weight excluding hydrogens is 873 g/mol. The van der Waals surface area contributed by atoms with E-state index in [1.807, 2.05) is 39.0 Å². The van der Waals surface area contributed by atoms with Crippen LogP contribution in [0, 0.1) is 34.3 Å². The van der Waals surface area contributed by atoms with Crippen LogP contribution in [0.5, 0.6) is 0 Å². The lowest BCUT2D eigenvalue weighted by Crippen LogP contribution is -2.48. The standard InChI is InChI=1S/C48H58N4O13S/c1-7-12-32-44(57)28(2)13-11-21-48(6)39(65-48)25-36(31-16-18-37-34(24-31)49-29(3)66-37)63-43(56)26-38(47(4,5)45(32)58)64-46(59)62-27-30-15-17-33(35(23-30)52(60)61)50-40(53)14-9-8-10-22-51-41(54)19-20-42(51)55/h7,15-20,23-24,28,32,36,38-39,44,57H,1,8-14,21-22,25-27H2,2-6H3,(H,50,53)/t28-,32+,36-,38-,39+,44-,48-/m0/s1. The van der Waals surface area contributed by atoms with Crippen molar-refractivity contribution in [2.24, 2.45) is 17.3 Å². The third-order valence-electron chi connectivity index (χ3n) is 12.8. The minimum Gasteiger partial charge on any atom is -0.457 e. The number of aliphatic hydroxyl groups excluding tert-OH is 1. The van der Waals surface area contributed by atoms with Crippen molar-refractivity contribution in [2.75, 3.05) is 11.9 Å². The van der Waals surface area contributed by atoms with Crippen LogP contribution in [0.2, 0.25) is 0 Å². The number of nitrogens with zero attached hydrogens (tertiary/aromatic N) is 3. The number of carbonyl (C=O) groups excluding carboxylic acids is 6. The number of anilines is 1. The number of benzene rings is 2. The number of aromatic nitrogens is 1. The van der Waals surface area contributed by atoms with Crippen molar-refractivity contribution in [2.45, 2.75) is 135 Å². The van der Waals surface area contributed by atoms with Gasteiger partial charge in [-0.05, 0) is 95.0 Å². The van der Waals surface area contributed by atoms with E-state index in [0.29, 0.717) is 50.5 Å². The van der Waals surface area contributed by atoms with Gasteiger partial charge >= 0.3 is 12.1 Å². The highest BCUT2D eigenvalue weighted by atomic mass is 32.1. The average Bonchev–Trinajstić information content (AvgIpc) is 3.55. The Morgan fingerprint density at radius 3 is 2.55 bits per heavy atom. The molecule has 354 valence electrons. The quantitative estimate of drug-likeness (QED) is 0.0295. The number of epoxide rings is 1. The highest BCUT2D eigenvalue weighted by Crippen LogP contribution is 2.47. The zero-order valence-corrected chi connectivity index (χ0v) is 38.8. The molecule has 0 unspecified atom stereocenters. The number of aryl methyl sites for hydroxylation is 1. The van der Waals surface area contributed by atoms with E-state index >= 15 is 0 Å². The van der Waals surface area contributed by atoms with Gasteiger partial charge in [-0.3, -0.25) is 39.0 Å². The van der Waals surface area contributed by atoms with E-state index in [4.69, 9.17) is 18.9 Å². The Kier molecular flexibility index (Phi) is 15.9. The first-order chi connectivity index (χ1) is 31.3. The molecule has 3 aromatic rings. The lowest BCUT2D eigenvalue weighted by Gasteiger charge is -2.37. The molecule has 1 aromatic heterocycles. The molecule has 3 amide bonds. The molecule has 0 radical (unpaired) electrons. The first-order valence-electron chi connectivity index (χ1n) is 22.3. The molecule has 0 spiro atoms. The van der Waals surface area contributed by atoms with E-state index < -0.39 is 82.7 Å². The third kappa shape index (κ3) is 12.1. The van der Waals surface area contributed by atoms with Gasteiger partial charge in [-0.1, -0.05) is 38.0 Å². The number of fused-ring (bicyclic) bond motifs is 2. The zero-order valence-electron chi connectivity index (χ0n) is 37.9. The van der Waals surface area contributed by atoms with Crippen molar-refractivity contribution < 1.29 is 57.7 Å². The largest absolute Gasteiger partial charge is 0.508 e. The molecular formula is C48H58N4O13S. The number of aliphatic hydroxyl groups is 1. The van der Waals surface area contributed by atoms with Crippen molar-refractivity contribution in [1.82, 2.24) is 9.88 Å². The Bertz CT molecular complexity index is 2380. The number of nitrogens with one attached hydrogen (secondary N) is 1. The van der Waals surface area contributed by atoms with Crippen LogP contribution >= 0.6 is 11.3 Å². The number of hydrogen-bond donors (Lipinski definition) is 2. The summed E-state index contributed by atoms with van der Waals surface area (Å²) in [6.07, 6.45) is 2.54. The molecule has 2 saturated heterocycles. The number of ether oxygens (including phenoxy) is 4. The van der Waals surface area contributed by atoms with Crippen LogP contribution in [-0.4, -0.2) is 86.0 Å². The minimum absolute atomic E-state index is 0.0327. The number of carbonyl (C=O) groups is 6. The summed E-state index contributed by atoms with van der Waals surface area (Å²) in [6, 6.07) is 9.57. The van der Waals surface area contributed by atoms with Crippen LogP contribution in [0.4, 0.5) is 16.2 Å². The maximum absolute atomic E-state index is 14.5. The number of nitro benzene ring substituents is 1. The fourth-order valence-corrected chi connectivity index (χ4v) is 9.50. The van der Waals surface area contributed by atoms with Gasteiger partial charge in [-0.25, -0.2) is 9.78 Å². The smallest absolute Gasteiger partial charge is 0.457 e. The second-order valence-electron chi connectivity index (χ2n) is 18.1. The zero-order chi connectivity index (χ0) is 47.9. The van der Waals surface area contributed by atoms with Crippen LogP contribution in [0.25, 0.3) is 10.2 Å². The molecule has 0 bridgehead atoms. The Morgan fingerprint density at radius 1 is 1.09 bits per heavy atom. The summed E-state index contributed by atoms with van der Waals surface area (Å²) in [5.41, 5.74) is -0.946. The number of rotatable bonds is 14. The summed E-state index contributed by atoms with van der Waals surface area (Å²) in [5, 5.41) is 27.1. The number of thiazole rings is 1. The number of unbranched alkanes of at least 4 members (excludes halogenated alkanes) is 2. The topological polar surface area (TPSA) is 234 Å². The number of esters is 1. The predicted octanol–water partition coefficient (Wildman–Crippen LogP) is 8.15. The first-order valence-corrected chi connectivity index (χ1v) is 23.1. The number of imide groups is 1. The van der Waals surface area contributed by atoms with Crippen LogP contribution < -0.4 is 5.32 Å². The van der Waals surface area contributed by atoms with E-state index in [9.17, 15) is 44.0 Å². The monoisotopic (exact) mass is 930 g/mol. The lowest BCUT2D eigenvalue weighted by molar-refractivity contribution is -0.384. The number of cyclic esters (lactones) is 1. The van der Waals surface area contributed by atoms with E-state index in [1.165, 1.54) is 38.1 Å². The van der Waals surface area contributed by atoms with Crippen molar-refractivity contribution in [3.8, 4) is 0 Å². The van der Waals surface area contributed by atoms with Gasteiger partial charge in [0.2, 0.25) is 5.91 Å². The van der Waals surface area contributed by atoms with E-state index in [2.05, 4.69) is 16.9 Å². The van der Waals surface area contributed by atoms with Crippen LogP contribution in [-0.2, 0) is 49.5 Å². The molecule has 3 aliphatic heterocycles. The van der Waals surface area contributed by atoms with Gasteiger partial charge in [-0.2, -0.15) is 0 Å². The first kappa shape index (κ1) is 49.6. The maximum Gasteiger partial charge on any atom is 0.508 e. The van der Waals surface area contributed by atoms with E-state index in [-0.39, 0.29) is 54.5 Å². The maximum atomic E-state index is 14.5. The Balaban J connectivity index is 1.16. The number of hydrogen-bond acceptors (Lipinski definition) is 15. The number of Topliss-reactive ketones (excluding diaryl/α,β-unsaturated/α-hetero) is 1. The van der Waals surface area contributed by atoms with E-state index in [0.717, 1.165) is 26.2 Å². The molecule has 2 N–H and O–H groups in total. The fourth-order valence-electron chi connectivity index (χ4n) is 8.69. The van der Waals surface area contributed by atoms with Crippen molar-refractivity contribution in [3.63, 3.8) is 0 Å². The van der Waals surface area contributed by atoms with Gasteiger partial charge in [0.15, 0.2) is 0 Å². The van der Waals surface area contributed by atoms with Crippen LogP contribution in [0.15, 0.2) is 61.2 Å². The lowest BCUT2D eigenvalue weighted by atomic mass is 9.71. The van der Waals surface area contributed by atoms with Gasteiger partial charge < -0.3 is 29.4 Å². The molecule has 2 aromatic carbocycles. The van der Waals surface area contributed by atoms with Gasteiger partial charge in [0.05, 0.1) is 49.8 Å². The van der Waals surface area contributed by atoms with Crippen molar-refractivity contribution in [1.29, 1.82) is 0 Å². The molecule has 17 nitrogen and oxygen atoms in total. The third-order valence-corrected chi connectivity index (χ3v) is 13.8. The number of allylic oxidation sites excluding steroid dienone is 1. The molecule has 7 atom stereocenters. The summed E-state index contributed by atoms with van der Waals surface area (Å²) in [5.74, 6) is -3.71. The van der Waals surface area contributed by atoms with Crippen LogP contribution in [0.1, 0.15) is 114 Å². The number of amides is 3. The van der Waals surface area contributed by atoms with Gasteiger partial charge in [0.25, 0.3) is 17.5 Å². The normalized spacial score (nSPS) is 25.8. The molecule has 18 heteroatoms. The van der Waals surface area contributed by atoms with Gasteiger partial charge in [0.1, 0.15) is 30.3 Å². The number of ketones is 1. The second kappa shape index (κ2) is 21.2. The van der Waals surface area contributed by atoms with Crippen molar-refractivity contribution >= 4 is 68.6 Å². The van der Waals surface area contributed by atoms with Gasteiger partial charge in [-0.15, -0.1) is 17.9 Å². The highest BCUT2D eigenvalue weighted by molar-refractivity contribution is 7.18. The fraction of sp³-hybridized carbons (Fsp3) is 0.521. The molecule has 3 aliphatic rings. The Labute approximate surface area is 387 Å². The SMILES string of the molecule is C=CC[C@H]1C(=O)C(C)(C)[C@@H](OC(=O)OCc2ccc(NC(=O)CCCCCN3C(=O)C=CC3=O)c([N+](=O)[O-])c2)CC(=O)O[C@H](c2ccc3sc(C)nc3c2)C[C@H]2O[C@@]2(C)CCC[C@H](C)[C@@H]1O. The molecule has 6 rings (SSSR count). The predicted molar refractivity (Wildman–Crippen MR) is 243 cm³/mol. The molecule has 2 fully saturated rings. The molecule has 4 heterocycles. The van der Waals surface area contributed by atoms with Gasteiger partial charge in [0, 0.05) is 43.5 Å². The Morgan fingerprint density at radius 2 is 1.83 bits per heavy atom. The van der Waals surface area contributed by atoms with Crippen molar-refractivity contribution in [3.05, 3.63) is 87.5 Å². The highest BCUT2D eigenvalue weighted by Gasteiger charge is 2.53. The summed E-state index contributed by atoms with van der Waals surface area (Å²) >= 11 is 1.54. The minimum atomic E-state index is -1.57. The summed E-state index contributed by atoms with van der Waals surface area (Å²) in [4.78, 5) is 95.4. The molecule has 66 heavy (non-hydrogen) atoms. The molecule has 0 aliphatic carbocycles. The molecule has 0 saturated carbocycles. The summed E-state index contributed by atoms with van der Waals surface area (Å²) < 4.78 is 24.6. The average molecular weight is 931 g/mol. The second-order valence-corrected chi connectivity index (χ2v) is 19.4. The summed E-state index contributed by atoms with van der Waals surface area (Å²) in [7, 11) is 0.